The van der Waals surface area contributed by atoms with E-state index < -0.39 is 5.60 Å². The summed E-state index contributed by atoms with van der Waals surface area (Å²) in [4.78, 5) is 0. The Hall–Kier alpha value is -1.72. The summed E-state index contributed by atoms with van der Waals surface area (Å²) < 4.78 is 6.74. The second-order valence-electron chi connectivity index (χ2n) is 4.18. The molecule has 5 heteroatoms. The van der Waals surface area contributed by atoms with Gasteiger partial charge in [0.15, 0.2) is 0 Å². The quantitative estimate of drug-likeness (QED) is 0.870. The molecule has 0 saturated carbocycles. The fourth-order valence-corrected chi connectivity index (χ4v) is 1.91. The number of hydrogen-bond acceptors (Lipinski definition) is 4. The SMILES string of the molecule is CCC(O)(COC)c1cnnn1-c1ccccc1. The Bertz CT molecular complexity index is 498. The Morgan fingerprint density at radius 2 is 2.06 bits per heavy atom. The van der Waals surface area contributed by atoms with E-state index in [9.17, 15) is 5.11 Å². The molecule has 1 atom stereocenters. The normalized spacial score (nSPS) is 14.4. The lowest BCUT2D eigenvalue weighted by molar-refractivity contribution is -0.0434. The number of aromatic nitrogens is 3. The zero-order chi connectivity index (χ0) is 13.0. The topological polar surface area (TPSA) is 60.2 Å². The van der Waals surface area contributed by atoms with E-state index >= 15 is 0 Å². The molecule has 0 radical (unpaired) electrons. The van der Waals surface area contributed by atoms with Gasteiger partial charge >= 0.3 is 0 Å². The Kier molecular flexibility index (Phi) is 3.74. The van der Waals surface area contributed by atoms with E-state index in [1.165, 1.54) is 0 Å². The molecule has 1 N–H and O–H groups in total. The number of benzene rings is 1. The third-order valence-electron chi connectivity index (χ3n) is 2.99. The van der Waals surface area contributed by atoms with Gasteiger partial charge in [-0.2, -0.15) is 0 Å². The number of hydrogen-bond donors (Lipinski definition) is 1. The molecular weight excluding hydrogens is 230 g/mol. The maximum absolute atomic E-state index is 10.6. The first kappa shape index (κ1) is 12.7. The van der Waals surface area contributed by atoms with Gasteiger partial charge in [-0.25, -0.2) is 4.68 Å². The molecule has 2 rings (SSSR count). The number of ether oxygens (including phenoxy) is 1. The van der Waals surface area contributed by atoms with Gasteiger partial charge in [-0.05, 0) is 18.6 Å². The zero-order valence-corrected chi connectivity index (χ0v) is 10.6. The van der Waals surface area contributed by atoms with Gasteiger partial charge in [-0.15, -0.1) is 5.10 Å². The van der Waals surface area contributed by atoms with E-state index in [4.69, 9.17) is 4.74 Å². The molecule has 0 amide bonds. The summed E-state index contributed by atoms with van der Waals surface area (Å²) in [6.45, 7) is 2.12. The van der Waals surface area contributed by atoms with Crippen molar-refractivity contribution in [1.82, 2.24) is 15.0 Å². The van der Waals surface area contributed by atoms with Crippen molar-refractivity contribution in [3.63, 3.8) is 0 Å². The minimum atomic E-state index is -1.08. The van der Waals surface area contributed by atoms with Crippen molar-refractivity contribution in [3.05, 3.63) is 42.2 Å². The summed E-state index contributed by atoms with van der Waals surface area (Å²) >= 11 is 0. The Morgan fingerprint density at radius 3 is 2.67 bits per heavy atom. The third-order valence-corrected chi connectivity index (χ3v) is 2.99. The number of nitrogens with zero attached hydrogens (tertiary/aromatic N) is 3. The lowest BCUT2D eigenvalue weighted by atomic mass is 9.98. The van der Waals surface area contributed by atoms with Crippen LogP contribution in [0.3, 0.4) is 0 Å². The van der Waals surface area contributed by atoms with Gasteiger partial charge < -0.3 is 9.84 Å². The molecule has 0 aliphatic heterocycles. The van der Waals surface area contributed by atoms with Crippen molar-refractivity contribution < 1.29 is 9.84 Å². The second-order valence-corrected chi connectivity index (χ2v) is 4.18. The molecule has 1 aromatic heterocycles. The van der Waals surface area contributed by atoms with Gasteiger partial charge in [0.1, 0.15) is 5.60 Å². The van der Waals surface area contributed by atoms with Crippen molar-refractivity contribution in [3.8, 4) is 5.69 Å². The van der Waals surface area contributed by atoms with Crippen LogP contribution in [0.25, 0.3) is 5.69 Å². The average molecular weight is 247 g/mol. The van der Waals surface area contributed by atoms with Gasteiger partial charge in [-0.3, -0.25) is 0 Å². The molecule has 1 unspecified atom stereocenters. The molecule has 0 aliphatic rings. The Morgan fingerprint density at radius 1 is 1.33 bits per heavy atom. The van der Waals surface area contributed by atoms with Crippen LogP contribution in [0.1, 0.15) is 19.0 Å². The number of rotatable bonds is 5. The van der Waals surface area contributed by atoms with Gasteiger partial charge in [-0.1, -0.05) is 30.3 Å². The van der Waals surface area contributed by atoms with Crippen LogP contribution in [-0.4, -0.2) is 33.8 Å². The molecular formula is C13H17N3O2. The van der Waals surface area contributed by atoms with E-state index in [1.54, 1.807) is 18.0 Å². The summed E-state index contributed by atoms with van der Waals surface area (Å²) in [5.41, 5.74) is 0.430. The molecule has 1 aromatic carbocycles. The summed E-state index contributed by atoms with van der Waals surface area (Å²) in [7, 11) is 1.57. The van der Waals surface area contributed by atoms with Crippen LogP contribution in [0.15, 0.2) is 36.5 Å². The molecule has 0 spiro atoms. The van der Waals surface area contributed by atoms with Crippen LogP contribution >= 0.6 is 0 Å². The average Bonchev–Trinajstić information content (AvgIpc) is 2.90. The summed E-state index contributed by atoms with van der Waals surface area (Å²) in [6, 6.07) is 9.60. The molecule has 0 saturated heterocycles. The van der Waals surface area contributed by atoms with Crippen LogP contribution < -0.4 is 0 Å². The molecule has 0 aliphatic carbocycles. The van der Waals surface area contributed by atoms with E-state index in [0.29, 0.717) is 12.1 Å². The molecule has 18 heavy (non-hydrogen) atoms. The third kappa shape index (κ3) is 2.27. The van der Waals surface area contributed by atoms with E-state index in [-0.39, 0.29) is 6.61 Å². The molecule has 0 fully saturated rings. The maximum atomic E-state index is 10.6. The van der Waals surface area contributed by atoms with Crippen molar-refractivity contribution in [2.75, 3.05) is 13.7 Å². The van der Waals surface area contributed by atoms with Crippen molar-refractivity contribution in [2.24, 2.45) is 0 Å². The second kappa shape index (κ2) is 5.29. The van der Waals surface area contributed by atoms with Gasteiger partial charge in [0.05, 0.1) is 24.2 Å². The highest BCUT2D eigenvalue weighted by molar-refractivity contribution is 5.33. The van der Waals surface area contributed by atoms with Crippen LogP contribution in [0.4, 0.5) is 0 Å². The highest BCUT2D eigenvalue weighted by Crippen LogP contribution is 2.26. The summed E-state index contributed by atoms with van der Waals surface area (Å²) in [5, 5.41) is 18.5. The van der Waals surface area contributed by atoms with Crippen LogP contribution in [0, 0.1) is 0 Å². The molecule has 1 heterocycles. The number of para-hydroxylation sites is 1. The Labute approximate surface area is 106 Å². The van der Waals surface area contributed by atoms with Gasteiger partial charge in [0.25, 0.3) is 0 Å². The van der Waals surface area contributed by atoms with Gasteiger partial charge in [0.2, 0.25) is 0 Å². The zero-order valence-electron chi connectivity index (χ0n) is 10.6. The van der Waals surface area contributed by atoms with E-state index in [1.807, 2.05) is 37.3 Å². The smallest absolute Gasteiger partial charge is 0.131 e. The minimum Gasteiger partial charge on any atom is -0.381 e. The van der Waals surface area contributed by atoms with Crippen molar-refractivity contribution in [1.29, 1.82) is 0 Å². The lowest BCUT2D eigenvalue weighted by Crippen LogP contribution is -2.33. The minimum absolute atomic E-state index is 0.212. The lowest BCUT2D eigenvalue weighted by Gasteiger charge is -2.25. The monoisotopic (exact) mass is 247 g/mol. The predicted molar refractivity (Wildman–Crippen MR) is 67.4 cm³/mol. The van der Waals surface area contributed by atoms with Crippen LogP contribution in [-0.2, 0) is 10.3 Å². The molecule has 5 nitrogen and oxygen atoms in total. The highest BCUT2D eigenvalue weighted by Gasteiger charge is 2.32. The van der Waals surface area contributed by atoms with Gasteiger partial charge in [0, 0.05) is 7.11 Å². The van der Waals surface area contributed by atoms with Crippen molar-refractivity contribution >= 4 is 0 Å². The number of aliphatic hydroxyl groups is 1. The molecule has 96 valence electrons. The fraction of sp³-hybridized carbons (Fsp3) is 0.385. The Balaban J connectivity index is 2.44. The fourth-order valence-electron chi connectivity index (χ4n) is 1.91. The standard InChI is InChI=1S/C13H17N3O2/c1-3-13(17,10-18-2)12-9-14-15-16(12)11-7-5-4-6-8-11/h4-9,17H,3,10H2,1-2H3. The molecule has 2 aromatic rings. The molecule has 0 bridgehead atoms. The predicted octanol–water partition coefficient (Wildman–Crippen LogP) is 1.51. The first-order valence-electron chi connectivity index (χ1n) is 5.89. The largest absolute Gasteiger partial charge is 0.381 e. The summed E-state index contributed by atoms with van der Waals surface area (Å²) in [5.74, 6) is 0. The van der Waals surface area contributed by atoms with E-state index in [0.717, 1.165) is 5.69 Å². The van der Waals surface area contributed by atoms with E-state index in [2.05, 4.69) is 10.3 Å². The first-order valence-corrected chi connectivity index (χ1v) is 5.89. The van der Waals surface area contributed by atoms with Crippen molar-refractivity contribution in [2.45, 2.75) is 18.9 Å². The highest BCUT2D eigenvalue weighted by atomic mass is 16.5. The van der Waals surface area contributed by atoms with Crippen LogP contribution in [0.5, 0.6) is 0 Å². The first-order chi connectivity index (χ1) is 8.71. The maximum Gasteiger partial charge on any atom is 0.131 e. The van der Waals surface area contributed by atoms with Crippen LogP contribution in [0.2, 0.25) is 0 Å². The number of methoxy groups -OCH3 is 1. The summed E-state index contributed by atoms with van der Waals surface area (Å²) in [6.07, 6.45) is 2.11.